The van der Waals surface area contributed by atoms with Gasteiger partial charge in [0.15, 0.2) is 5.82 Å². The lowest BCUT2D eigenvalue weighted by atomic mass is 9.99. The number of tetrazole rings is 1. The van der Waals surface area contributed by atoms with Crippen molar-refractivity contribution in [2.45, 2.75) is 53.1 Å². The van der Waals surface area contributed by atoms with E-state index in [9.17, 15) is 0 Å². The smallest absolute Gasteiger partial charge is 0.169 e. The van der Waals surface area contributed by atoms with Crippen LogP contribution in [0.3, 0.4) is 0 Å². The third-order valence-electron chi connectivity index (χ3n) is 4.27. The first-order valence-electron chi connectivity index (χ1n) is 8.09. The number of likely N-dealkylation sites (N-methyl/N-ethyl adjacent to an activating group) is 1. The van der Waals surface area contributed by atoms with Gasteiger partial charge in [-0.1, -0.05) is 20.8 Å². The predicted octanol–water partition coefficient (Wildman–Crippen LogP) is 1.76. The molecule has 1 atom stereocenters. The molecule has 21 heavy (non-hydrogen) atoms. The lowest BCUT2D eigenvalue weighted by Crippen LogP contribution is -2.49. The second-order valence-electron chi connectivity index (χ2n) is 7.28. The van der Waals surface area contributed by atoms with Gasteiger partial charge in [0.25, 0.3) is 0 Å². The van der Waals surface area contributed by atoms with Crippen LogP contribution >= 0.6 is 0 Å². The summed E-state index contributed by atoms with van der Waals surface area (Å²) in [7, 11) is 0. The molecular weight excluding hydrogens is 264 g/mol. The average Bonchev–Trinajstić information content (AvgIpc) is 2.88. The maximum atomic E-state index is 4.37. The molecule has 0 N–H and O–H groups in total. The molecule has 1 aliphatic rings. The number of hydrogen-bond acceptors (Lipinski definition) is 5. The predicted molar refractivity (Wildman–Crippen MR) is 84.1 cm³/mol. The van der Waals surface area contributed by atoms with Gasteiger partial charge in [0.2, 0.25) is 0 Å². The van der Waals surface area contributed by atoms with E-state index in [0.717, 1.165) is 38.5 Å². The zero-order valence-electron chi connectivity index (χ0n) is 14.4. The molecule has 1 aliphatic heterocycles. The van der Waals surface area contributed by atoms with Gasteiger partial charge in [-0.2, -0.15) is 0 Å². The molecule has 0 aliphatic carbocycles. The molecule has 1 fully saturated rings. The minimum atomic E-state index is -0.0861. The Labute approximate surface area is 128 Å². The SMILES string of the molecule is CCN1CCN([C@@H](c2nnnn2C(C)(C)C)C(C)C)CC1. The zero-order valence-corrected chi connectivity index (χ0v) is 14.4. The first-order valence-corrected chi connectivity index (χ1v) is 8.09. The summed E-state index contributed by atoms with van der Waals surface area (Å²) in [5, 5.41) is 12.5. The van der Waals surface area contributed by atoms with E-state index < -0.39 is 0 Å². The summed E-state index contributed by atoms with van der Waals surface area (Å²) in [6.07, 6.45) is 0. The molecule has 1 aromatic heterocycles. The highest BCUT2D eigenvalue weighted by atomic mass is 15.6. The number of aromatic nitrogens is 4. The Balaban J connectivity index is 2.23. The van der Waals surface area contributed by atoms with Gasteiger partial charge in [0.1, 0.15) is 0 Å². The average molecular weight is 294 g/mol. The Kier molecular flexibility index (Phi) is 4.99. The summed E-state index contributed by atoms with van der Waals surface area (Å²) >= 11 is 0. The van der Waals surface area contributed by atoms with E-state index in [-0.39, 0.29) is 5.54 Å². The van der Waals surface area contributed by atoms with E-state index in [0.29, 0.717) is 12.0 Å². The summed E-state index contributed by atoms with van der Waals surface area (Å²) in [6, 6.07) is 0.290. The largest absolute Gasteiger partial charge is 0.301 e. The Bertz CT molecular complexity index is 439. The fourth-order valence-electron chi connectivity index (χ4n) is 3.10. The summed E-state index contributed by atoms with van der Waals surface area (Å²) in [5.41, 5.74) is -0.0861. The molecule has 6 heteroatoms. The van der Waals surface area contributed by atoms with E-state index in [2.05, 4.69) is 66.9 Å². The van der Waals surface area contributed by atoms with Crippen LogP contribution in [0.2, 0.25) is 0 Å². The summed E-state index contributed by atoms with van der Waals surface area (Å²) in [4.78, 5) is 5.05. The maximum absolute atomic E-state index is 4.37. The molecule has 0 unspecified atom stereocenters. The highest BCUT2D eigenvalue weighted by Crippen LogP contribution is 2.30. The second kappa shape index (κ2) is 6.40. The molecule has 0 bridgehead atoms. The molecule has 120 valence electrons. The van der Waals surface area contributed by atoms with Crippen LogP contribution in [0.5, 0.6) is 0 Å². The fraction of sp³-hybridized carbons (Fsp3) is 0.933. The maximum Gasteiger partial charge on any atom is 0.169 e. The molecule has 0 amide bonds. The molecule has 2 heterocycles. The van der Waals surface area contributed by atoms with Crippen LogP contribution in [-0.2, 0) is 5.54 Å². The lowest BCUT2D eigenvalue weighted by Gasteiger charge is -2.40. The number of nitrogens with zero attached hydrogens (tertiary/aromatic N) is 6. The van der Waals surface area contributed by atoms with Gasteiger partial charge in [-0.05, 0) is 43.7 Å². The molecule has 0 spiro atoms. The topological polar surface area (TPSA) is 50.1 Å². The molecule has 2 rings (SSSR count). The van der Waals surface area contributed by atoms with Gasteiger partial charge in [-0.3, -0.25) is 4.90 Å². The molecular formula is C15H30N6. The van der Waals surface area contributed by atoms with Crippen LogP contribution in [0.4, 0.5) is 0 Å². The summed E-state index contributed by atoms with van der Waals surface area (Å²) < 4.78 is 1.99. The molecule has 1 saturated heterocycles. The molecule has 0 saturated carbocycles. The number of hydrogen-bond donors (Lipinski definition) is 0. The van der Waals surface area contributed by atoms with Gasteiger partial charge in [-0.25, -0.2) is 4.68 Å². The first-order chi connectivity index (χ1) is 9.84. The molecule has 0 radical (unpaired) electrons. The van der Waals surface area contributed by atoms with Crippen molar-refractivity contribution in [2.75, 3.05) is 32.7 Å². The Morgan fingerprint density at radius 1 is 1.10 bits per heavy atom. The minimum absolute atomic E-state index is 0.0861. The number of rotatable bonds is 4. The van der Waals surface area contributed by atoms with Gasteiger partial charge in [0, 0.05) is 26.2 Å². The Morgan fingerprint density at radius 3 is 2.19 bits per heavy atom. The van der Waals surface area contributed by atoms with Gasteiger partial charge >= 0.3 is 0 Å². The Hall–Kier alpha value is -1.01. The zero-order chi connectivity index (χ0) is 15.6. The number of piperazine rings is 1. The molecule has 6 nitrogen and oxygen atoms in total. The van der Waals surface area contributed by atoms with Crippen molar-refractivity contribution in [1.29, 1.82) is 0 Å². The van der Waals surface area contributed by atoms with Crippen LogP contribution in [0.25, 0.3) is 0 Å². The second-order valence-corrected chi connectivity index (χ2v) is 7.28. The monoisotopic (exact) mass is 294 g/mol. The summed E-state index contributed by atoms with van der Waals surface area (Å²) in [6.45, 7) is 18.8. The standard InChI is InChI=1S/C15H30N6/c1-7-19-8-10-20(11-9-19)13(12(2)3)14-16-17-18-21(14)15(4,5)6/h12-13H,7-11H2,1-6H3/t13-/m1/s1. The van der Waals surface area contributed by atoms with Crippen LogP contribution in [0.15, 0.2) is 0 Å². The van der Waals surface area contributed by atoms with Crippen molar-refractivity contribution >= 4 is 0 Å². The normalized spacial score (nSPS) is 20.1. The third-order valence-corrected chi connectivity index (χ3v) is 4.27. The first kappa shape index (κ1) is 16.4. The van der Waals surface area contributed by atoms with Crippen molar-refractivity contribution in [2.24, 2.45) is 5.92 Å². The third kappa shape index (κ3) is 3.61. The van der Waals surface area contributed by atoms with Crippen molar-refractivity contribution in [3.05, 3.63) is 5.82 Å². The fourth-order valence-corrected chi connectivity index (χ4v) is 3.10. The van der Waals surface area contributed by atoms with Gasteiger partial charge in [-0.15, -0.1) is 5.10 Å². The van der Waals surface area contributed by atoms with Gasteiger partial charge < -0.3 is 4.90 Å². The highest BCUT2D eigenvalue weighted by molar-refractivity contribution is 4.99. The van der Waals surface area contributed by atoms with E-state index in [1.54, 1.807) is 0 Å². The minimum Gasteiger partial charge on any atom is -0.301 e. The quantitative estimate of drug-likeness (QED) is 0.847. The molecule has 0 aromatic carbocycles. The van der Waals surface area contributed by atoms with Crippen molar-refractivity contribution in [1.82, 2.24) is 30.0 Å². The lowest BCUT2D eigenvalue weighted by molar-refractivity contribution is 0.0694. The van der Waals surface area contributed by atoms with E-state index in [1.807, 2.05) is 4.68 Å². The van der Waals surface area contributed by atoms with Crippen molar-refractivity contribution in [3.63, 3.8) is 0 Å². The van der Waals surface area contributed by atoms with Crippen LogP contribution in [0, 0.1) is 5.92 Å². The van der Waals surface area contributed by atoms with E-state index in [4.69, 9.17) is 0 Å². The van der Waals surface area contributed by atoms with Crippen molar-refractivity contribution < 1.29 is 0 Å². The molecule has 1 aromatic rings. The van der Waals surface area contributed by atoms with Gasteiger partial charge in [0.05, 0.1) is 11.6 Å². The van der Waals surface area contributed by atoms with Crippen LogP contribution < -0.4 is 0 Å². The van der Waals surface area contributed by atoms with Crippen LogP contribution in [0.1, 0.15) is 53.4 Å². The van der Waals surface area contributed by atoms with Crippen molar-refractivity contribution in [3.8, 4) is 0 Å². The Morgan fingerprint density at radius 2 is 1.71 bits per heavy atom. The highest BCUT2D eigenvalue weighted by Gasteiger charge is 2.33. The van der Waals surface area contributed by atoms with E-state index in [1.165, 1.54) is 0 Å². The van der Waals surface area contributed by atoms with E-state index >= 15 is 0 Å². The van der Waals surface area contributed by atoms with Crippen LogP contribution in [-0.4, -0.2) is 62.7 Å². The summed E-state index contributed by atoms with van der Waals surface area (Å²) in [5.74, 6) is 1.49.